The molecule has 1 aromatic carbocycles. The van der Waals surface area contributed by atoms with Crippen LogP contribution in [0.1, 0.15) is 44.6 Å². The Kier molecular flexibility index (Phi) is 6.22. The number of hydrogen-bond donors (Lipinski definition) is 1. The Bertz CT molecular complexity index is 450. The van der Waals surface area contributed by atoms with Gasteiger partial charge in [-0.15, -0.1) is 0 Å². The normalized spacial score (nSPS) is 17.7. The predicted molar refractivity (Wildman–Crippen MR) is 84.8 cm³/mol. The van der Waals surface area contributed by atoms with Crippen molar-refractivity contribution in [1.82, 2.24) is 5.32 Å². The third-order valence-electron chi connectivity index (χ3n) is 4.35. The molecule has 1 N–H and O–H groups in total. The van der Waals surface area contributed by atoms with Crippen molar-refractivity contribution in [3.05, 3.63) is 35.9 Å². The molecule has 1 aromatic rings. The Balaban J connectivity index is 1.95. The topological polar surface area (TPSA) is 45.0 Å². The Labute approximate surface area is 128 Å². The molecule has 1 unspecified atom stereocenters. The number of hydrogen-bond acceptors (Lipinski definition) is 3. The van der Waals surface area contributed by atoms with E-state index in [1.807, 2.05) is 30.3 Å². The van der Waals surface area contributed by atoms with Crippen LogP contribution in [0.15, 0.2) is 30.3 Å². The monoisotopic (exact) mass is 286 g/mol. The van der Waals surface area contributed by atoms with E-state index in [1.165, 1.54) is 19.3 Å². The summed E-state index contributed by atoms with van der Waals surface area (Å²) in [6, 6.07) is 12.4. The maximum atomic E-state index is 9.73. The first-order valence-electron chi connectivity index (χ1n) is 8.10. The molecule has 0 radical (unpaired) electrons. The second kappa shape index (κ2) is 8.17. The molecule has 3 heteroatoms. The first-order chi connectivity index (χ1) is 10.3. The van der Waals surface area contributed by atoms with Gasteiger partial charge in [0.2, 0.25) is 0 Å². The van der Waals surface area contributed by atoms with Gasteiger partial charge in [0, 0.05) is 6.61 Å². The lowest BCUT2D eigenvalue weighted by molar-refractivity contribution is 0.0704. The van der Waals surface area contributed by atoms with Gasteiger partial charge in [0.25, 0.3) is 0 Å². The van der Waals surface area contributed by atoms with Crippen LogP contribution in [0.2, 0.25) is 0 Å². The summed E-state index contributed by atoms with van der Waals surface area (Å²) in [5.41, 5.74) is 0.265. The zero-order valence-corrected chi connectivity index (χ0v) is 13.0. The van der Waals surface area contributed by atoms with Gasteiger partial charge in [0.15, 0.2) is 5.54 Å². The van der Waals surface area contributed by atoms with Gasteiger partial charge < -0.3 is 4.74 Å². The summed E-state index contributed by atoms with van der Waals surface area (Å²) in [7, 11) is 0. The highest BCUT2D eigenvalue weighted by Crippen LogP contribution is 2.29. The molecular formula is C18H26N2O. The summed E-state index contributed by atoms with van der Waals surface area (Å²) in [4.78, 5) is 0. The standard InChI is InChI=1S/C18H26N2O/c1-2-12-20-18(14-19,17-9-4-3-5-10-17)15-21-13-11-16-7-6-8-16/h3-5,9-10,16,20H,2,6-8,11-13,15H2,1H3. The highest BCUT2D eigenvalue weighted by atomic mass is 16.5. The molecule has 0 amide bonds. The number of benzene rings is 1. The lowest BCUT2D eigenvalue weighted by Crippen LogP contribution is -2.45. The van der Waals surface area contributed by atoms with Crippen molar-refractivity contribution >= 4 is 0 Å². The zero-order chi connectivity index (χ0) is 15.0. The Morgan fingerprint density at radius 3 is 2.67 bits per heavy atom. The van der Waals surface area contributed by atoms with Crippen LogP contribution in [0.4, 0.5) is 0 Å². The average Bonchev–Trinajstić information content (AvgIpc) is 2.49. The molecule has 1 aliphatic carbocycles. The Morgan fingerprint density at radius 2 is 2.10 bits per heavy atom. The van der Waals surface area contributed by atoms with Crippen molar-refractivity contribution in [2.24, 2.45) is 5.92 Å². The van der Waals surface area contributed by atoms with Crippen molar-refractivity contribution in [2.45, 2.75) is 44.6 Å². The molecule has 1 atom stereocenters. The van der Waals surface area contributed by atoms with Crippen LogP contribution in [-0.4, -0.2) is 19.8 Å². The fourth-order valence-corrected chi connectivity index (χ4v) is 2.69. The van der Waals surface area contributed by atoms with E-state index < -0.39 is 5.54 Å². The second-order valence-corrected chi connectivity index (χ2v) is 5.95. The summed E-state index contributed by atoms with van der Waals surface area (Å²) in [6.07, 6.45) is 6.19. The molecule has 3 nitrogen and oxygen atoms in total. The smallest absolute Gasteiger partial charge is 0.155 e. The van der Waals surface area contributed by atoms with Gasteiger partial charge >= 0.3 is 0 Å². The summed E-state index contributed by atoms with van der Waals surface area (Å²) in [5.74, 6) is 0.849. The van der Waals surface area contributed by atoms with Crippen LogP contribution >= 0.6 is 0 Å². The van der Waals surface area contributed by atoms with E-state index in [2.05, 4.69) is 18.3 Å². The molecule has 0 bridgehead atoms. The van der Waals surface area contributed by atoms with Gasteiger partial charge in [-0.2, -0.15) is 5.26 Å². The third-order valence-corrected chi connectivity index (χ3v) is 4.35. The second-order valence-electron chi connectivity index (χ2n) is 5.95. The molecule has 114 valence electrons. The molecule has 0 spiro atoms. The number of nitrogens with one attached hydrogen (secondary N) is 1. The Morgan fingerprint density at radius 1 is 1.33 bits per heavy atom. The fourth-order valence-electron chi connectivity index (χ4n) is 2.69. The zero-order valence-electron chi connectivity index (χ0n) is 13.0. The first kappa shape index (κ1) is 16.0. The van der Waals surface area contributed by atoms with E-state index in [1.54, 1.807) is 0 Å². The van der Waals surface area contributed by atoms with Crippen molar-refractivity contribution in [2.75, 3.05) is 19.8 Å². The number of nitriles is 1. The minimum absolute atomic E-state index is 0.417. The molecule has 0 heterocycles. The predicted octanol–water partition coefficient (Wildman–Crippen LogP) is 3.61. The highest BCUT2D eigenvalue weighted by Gasteiger charge is 2.32. The number of ether oxygens (including phenoxy) is 1. The van der Waals surface area contributed by atoms with Gasteiger partial charge in [-0.1, -0.05) is 56.5 Å². The van der Waals surface area contributed by atoms with E-state index in [9.17, 15) is 5.26 Å². The minimum atomic E-state index is -0.725. The van der Waals surface area contributed by atoms with Gasteiger partial charge in [0.1, 0.15) is 0 Å². The van der Waals surface area contributed by atoms with Crippen molar-refractivity contribution in [3.63, 3.8) is 0 Å². The SMILES string of the molecule is CCCNC(C#N)(COCCC1CCC1)c1ccccc1. The van der Waals surface area contributed by atoms with Crippen molar-refractivity contribution in [3.8, 4) is 6.07 Å². The number of rotatable bonds is 9. The van der Waals surface area contributed by atoms with Crippen LogP contribution in [0.5, 0.6) is 0 Å². The van der Waals surface area contributed by atoms with E-state index >= 15 is 0 Å². The molecule has 0 aliphatic heterocycles. The Hall–Kier alpha value is -1.37. The molecule has 1 saturated carbocycles. The van der Waals surface area contributed by atoms with E-state index in [4.69, 9.17) is 4.74 Å². The molecular weight excluding hydrogens is 260 g/mol. The third kappa shape index (κ3) is 4.30. The molecule has 1 fully saturated rings. The van der Waals surface area contributed by atoms with E-state index in [-0.39, 0.29) is 0 Å². The lowest BCUT2D eigenvalue weighted by Gasteiger charge is -2.29. The fraction of sp³-hybridized carbons (Fsp3) is 0.611. The molecule has 21 heavy (non-hydrogen) atoms. The maximum absolute atomic E-state index is 9.73. The van der Waals surface area contributed by atoms with E-state index in [0.29, 0.717) is 6.61 Å². The van der Waals surface area contributed by atoms with Crippen molar-refractivity contribution in [1.29, 1.82) is 5.26 Å². The van der Waals surface area contributed by atoms with Crippen LogP contribution in [0.3, 0.4) is 0 Å². The molecule has 2 rings (SSSR count). The van der Waals surface area contributed by atoms with Crippen molar-refractivity contribution < 1.29 is 4.74 Å². The summed E-state index contributed by atoms with van der Waals surface area (Å²) < 4.78 is 5.86. The maximum Gasteiger partial charge on any atom is 0.155 e. The summed E-state index contributed by atoms with van der Waals surface area (Å²) in [6.45, 7) is 4.10. The van der Waals surface area contributed by atoms with Gasteiger partial charge in [-0.3, -0.25) is 5.32 Å². The summed E-state index contributed by atoms with van der Waals surface area (Å²) in [5, 5.41) is 13.1. The lowest BCUT2D eigenvalue weighted by atomic mass is 9.83. The minimum Gasteiger partial charge on any atom is -0.378 e. The quantitative estimate of drug-likeness (QED) is 0.705. The molecule has 0 saturated heterocycles. The van der Waals surface area contributed by atoms with E-state index in [0.717, 1.165) is 37.5 Å². The largest absolute Gasteiger partial charge is 0.378 e. The van der Waals surface area contributed by atoms with Gasteiger partial charge in [0.05, 0.1) is 12.7 Å². The molecule has 0 aromatic heterocycles. The van der Waals surface area contributed by atoms with Gasteiger partial charge in [-0.05, 0) is 30.9 Å². The highest BCUT2D eigenvalue weighted by molar-refractivity contribution is 5.31. The molecule has 1 aliphatic rings. The average molecular weight is 286 g/mol. The summed E-state index contributed by atoms with van der Waals surface area (Å²) >= 11 is 0. The first-order valence-corrected chi connectivity index (χ1v) is 8.10. The van der Waals surface area contributed by atoms with Crippen LogP contribution < -0.4 is 5.32 Å². The van der Waals surface area contributed by atoms with Gasteiger partial charge in [-0.25, -0.2) is 0 Å². The van der Waals surface area contributed by atoms with Crippen LogP contribution in [0, 0.1) is 17.2 Å². The number of nitrogens with zero attached hydrogens (tertiary/aromatic N) is 1. The van der Waals surface area contributed by atoms with Crippen LogP contribution in [-0.2, 0) is 10.3 Å². The van der Waals surface area contributed by atoms with Crippen LogP contribution in [0.25, 0.3) is 0 Å².